The normalized spacial score (nSPS) is 24.9. The smallest absolute Gasteiger partial charge is 0.399 e. The van der Waals surface area contributed by atoms with Gasteiger partial charge in [0.2, 0.25) is 0 Å². The number of aryl methyl sites for hydroxylation is 4. The maximum atomic E-state index is 7.05. The van der Waals surface area contributed by atoms with Crippen LogP contribution < -0.4 is 29.8 Å². The zero-order chi connectivity index (χ0) is 93.6. The Balaban J connectivity index is 0.000000252. The van der Waals surface area contributed by atoms with Gasteiger partial charge in [-0.1, -0.05) is 356 Å². The fraction of sp³-hybridized carbons (Fsp3) is 0.786. The van der Waals surface area contributed by atoms with Gasteiger partial charge >= 0.3 is 40.4 Å². The molecule has 0 unspecified atom stereocenters. The molecule has 4 saturated carbocycles. The van der Waals surface area contributed by atoms with Gasteiger partial charge in [-0.15, -0.1) is 0 Å². The number of hydrogen-bond donors (Lipinski definition) is 0. The molecule has 3 aliphatic heterocycles. The predicted octanol–water partition coefficient (Wildman–Crippen LogP) is 32.0. The first-order valence-corrected chi connectivity index (χ1v) is 56.7. The third kappa shape index (κ3) is 26.4. The van der Waals surface area contributed by atoms with Gasteiger partial charge < -0.3 is 39.5 Å². The SMILES string of the molecule is CC(C)OB1OC(C)(C)C(C)(C)O1.CCCCCCCC1CC23CC(CCCCCCC)CC2(C1)c1cc(B2OC(C)(C)C(C)(C)O2)c(CCCCCC)cc1-c1cc(CCCCCC)c(B2OC(C)(C)C(C)(C)O2)cc13.CCCCCCCC1CC23CC(CCCCCCC)CC2(C1)c1cc(Br)c(CCCCCC)cc1-c1cc(CCCCCC)c(Br)cc13.[CH2-]CCC.[Li+]. The molecule has 0 radical (unpaired) electrons. The first kappa shape index (κ1) is 112. The van der Waals surface area contributed by atoms with E-state index < -0.39 is 7.32 Å². The van der Waals surface area contributed by atoms with E-state index in [1.54, 1.807) is 44.5 Å². The number of unbranched alkanes of at least 4 members (excludes halogenated alkanes) is 29. The Morgan fingerprint density at radius 1 is 0.300 bits per heavy atom. The van der Waals surface area contributed by atoms with Crippen LogP contribution in [0.15, 0.2) is 57.5 Å². The van der Waals surface area contributed by atoms with Crippen molar-refractivity contribution in [1.82, 2.24) is 0 Å². The van der Waals surface area contributed by atoms with Gasteiger partial charge in [0.05, 0.1) is 33.6 Å². The third-order valence-electron chi connectivity index (χ3n) is 34.5. The second kappa shape index (κ2) is 51.2. The maximum absolute atomic E-state index is 7.05. The van der Waals surface area contributed by atoms with Crippen LogP contribution in [0.2, 0.25) is 0 Å². The quantitative estimate of drug-likeness (QED) is 0.0248. The standard InChI is InChI=1S/C58H94B2O4.C46H70Br2.C9H19BO3.C4H9.Li/c1-13-17-21-25-27-31-43-39-57-41-44(32-28-26-22-18-14-2)42-58(57,40-43)50-38-52(60-63-55(9,10)56(11,12)64-60)46(34-30-24-20-16-4)36-48(50)47-35-45(33-29-23-19-15-3)51(37-49(47)57)59-61-53(5,6)54(7,8)62-59;1-5-9-13-17-19-23-35-31-45-33-36(24-20-18-14-10-6-2)34-46(45,32-35)42-30-44(48)38(26-22-16-12-8-4)28-40(42)39-27-37(25-21-15-11-7-3)43(47)29-41(39)45;1-7(2)11-10-12-8(3,4)9(5,6)13-10;1-3-4-2;/h35-38,43-44H,13-34,39-42H2,1-12H3;27-30,35-36H,5-26,31-34H2,1-4H3;7H,1-6H3;1,3-4H2,2H3;/q;;;-1;+1. The minimum Gasteiger partial charge on any atom is -0.399 e. The number of rotatable bonds is 49. The minimum atomic E-state index is -0.523. The zero-order valence-corrected chi connectivity index (χ0v) is 91.9. The van der Waals surface area contributed by atoms with Crippen LogP contribution in [0.3, 0.4) is 0 Å². The summed E-state index contributed by atoms with van der Waals surface area (Å²) in [7, 11) is -1.23. The summed E-state index contributed by atoms with van der Waals surface area (Å²) in [4.78, 5) is 0. The summed E-state index contributed by atoms with van der Waals surface area (Å²) in [5, 5.41) is 0. The van der Waals surface area contributed by atoms with Crippen molar-refractivity contribution in [1.29, 1.82) is 0 Å². The molecule has 6 aliphatic carbocycles. The van der Waals surface area contributed by atoms with Crippen LogP contribution in [0.25, 0.3) is 22.3 Å². The molecule has 13 heteroatoms. The molecule has 4 aromatic rings. The molecular formula is C117H192B3Br2LiO7. The molecular weight excluding hydrogens is 1720 g/mol. The summed E-state index contributed by atoms with van der Waals surface area (Å²) in [6.45, 7) is 54.3. The van der Waals surface area contributed by atoms with Crippen molar-refractivity contribution in [3.63, 3.8) is 0 Å². The molecule has 3 saturated heterocycles. The van der Waals surface area contributed by atoms with E-state index in [9.17, 15) is 0 Å². The van der Waals surface area contributed by atoms with Crippen LogP contribution in [-0.4, -0.2) is 61.3 Å². The van der Waals surface area contributed by atoms with E-state index in [0.717, 1.165) is 42.9 Å². The number of halogens is 2. The van der Waals surface area contributed by atoms with Gasteiger partial charge in [-0.25, -0.2) is 0 Å². The van der Waals surface area contributed by atoms with E-state index in [1.807, 2.05) is 41.5 Å². The van der Waals surface area contributed by atoms with Gasteiger partial charge in [0, 0.05) is 36.7 Å². The Kier molecular flexibility index (Phi) is 44.1. The van der Waals surface area contributed by atoms with Crippen LogP contribution in [0.4, 0.5) is 0 Å². The molecule has 0 N–H and O–H groups in total. The summed E-state index contributed by atoms with van der Waals surface area (Å²) < 4.78 is 47.7. The largest absolute Gasteiger partial charge is 1.00 e. The molecule has 9 aliphatic rings. The van der Waals surface area contributed by atoms with E-state index in [0.29, 0.717) is 10.8 Å². The number of fused-ring (bicyclic) bond motifs is 6. The first-order valence-electron chi connectivity index (χ1n) is 55.1. The molecule has 726 valence electrons. The van der Waals surface area contributed by atoms with E-state index in [-0.39, 0.29) is 83.6 Å². The molecule has 0 atom stereocenters. The molecule has 4 aromatic carbocycles. The average Bonchev–Trinajstić information content (AvgIpc) is 1.50. The average molecular weight is 1910 g/mol. The fourth-order valence-electron chi connectivity index (χ4n) is 25.3. The summed E-state index contributed by atoms with van der Waals surface area (Å²) >= 11 is 8.41. The first-order chi connectivity index (χ1) is 61.6. The number of benzene rings is 4. The van der Waals surface area contributed by atoms with E-state index in [2.05, 4.69) is 205 Å². The van der Waals surface area contributed by atoms with Crippen molar-refractivity contribution in [3.8, 4) is 22.3 Å². The molecule has 7 nitrogen and oxygen atoms in total. The Bertz CT molecular complexity index is 3760. The third-order valence-corrected chi connectivity index (χ3v) is 36.0. The minimum absolute atomic E-state index is 0. The predicted molar refractivity (Wildman–Crippen MR) is 566 cm³/mol. The van der Waals surface area contributed by atoms with Crippen LogP contribution in [0.1, 0.15) is 525 Å². The summed E-state index contributed by atoms with van der Waals surface area (Å²) in [5.41, 5.74) is 20.3. The maximum Gasteiger partial charge on any atom is 1.00 e. The van der Waals surface area contributed by atoms with Crippen molar-refractivity contribution < 1.29 is 51.4 Å². The van der Waals surface area contributed by atoms with Crippen LogP contribution in [0, 0.1) is 30.6 Å². The van der Waals surface area contributed by atoms with E-state index in [4.69, 9.17) is 32.6 Å². The zero-order valence-electron chi connectivity index (χ0n) is 88.7. The Morgan fingerprint density at radius 3 is 0.738 bits per heavy atom. The van der Waals surface area contributed by atoms with E-state index >= 15 is 0 Å². The second-order valence-corrected chi connectivity index (χ2v) is 48.1. The molecule has 0 aromatic heterocycles. The van der Waals surface area contributed by atoms with Gasteiger partial charge in [0.15, 0.2) is 0 Å². The van der Waals surface area contributed by atoms with Crippen LogP contribution >= 0.6 is 31.9 Å². The van der Waals surface area contributed by atoms with Gasteiger partial charge in [-0.05, 0) is 325 Å². The Labute approximate surface area is 831 Å². The molecule has 3 heterocycles. The van der Waals surface area contributed by atoms with Crippen molar-refractivity contribution in [2.24, 2.45) is 23.7 Å². The van der Waals surface area contributed by atoms with Crippen molar-refractivity contribution >= 4 is 64.3 Å². The van der Waals surface area contributed by atoms with Crippen LogP contribution in [-0.2, 0) is 79.9 Å². The molecule has 7 fully saturated rings. The summed E-state index contributed by atoms with van der Waals surface area (Å²) in [6, 6.07) is 21.6. The van der Waals surface area contributed by atoms with Gasteiger partial charge in [0.1, 0.15) is 0 Å². The van der Waals surface area contributed by atoms with Gasteiger partial charge in [-0.2, -0.15) is 6.42 Å². The molecule has 0 spiro atoms. The molecule has 13 rings (SSSR count). The van der Waals surface area contributed by atoms with Crippen molar-refractivity contribution in [2.75, 3.05) is 0 Å². The molecule has 0 amide bonds. The topological polar surface area (TPSA) is 64.6 Å². The van der Waals surface area contributed by atoms with Crippen molar-refractivity contribution in [3.05, 3.63) is 109 Å². The van der Waals surface area contributed by atoms with Crippen molar-refractivity contribution in [2.45, 2.75) is 567 Å². The van der Waals surface area contributed by atoms with E-state index in [1.165, 1.54) is 370 Å². The number of hydrogen-bond acceptors (Lipinski definition) is 7. The Hall–Kier alpha value is -1.65. The Morgan fingerprint density at radius 2 is 0.508 bits per heavy atom. The van der Waals surface area contributed by atoms with Crippen LogP contribution in [0.5, 0.6) is 0 Å². The summed E-state index contributed by atoms with van der Waals surface area (Å²) in [5.74, 6) is 3.18. The van der Waals surface area contributed by atoms with Gasteiger partial charge in [0.25, 0.3) is 0 Å². The fourth-order valence-corrected chi connectivity index (χ4v) is 26.3. The monoisotopic (exact) mass is 1910 g/mol. The molecule has 130 heavy (non-hydrogen) atoms. The molecule has 0 bridgehead atoms. The van der Waals surface area contributed by atoms with Gasteiger partial charge in [-0.3, -0.25) is 0 Å². The second-order valence-electron chi connectivity index (χ2n) is 46.4. The summed E-state index contributed by atoms with van der Waals surface area (Å²) in [6.07, 6.45) is 71.6.